The SMILES string of the molecule is O=C(NC[C@@H](NC(=O)C1=COCCC1)C1CCCCC1)C1=COCCC1. The molecule has 1 atom stereocenters. The minimum Gasteiger partial charge on any atom is -0.501 e. The summed E-state index contributed by atoms with van der Waals surface area (Å²) in [5.41, 5.74) is 1.39. The molecule has 0 saturated heterocycles. The lowest BCUT2D eigenvalue weighted by Crippen LogP contribution is -2.49. The van der Waals surface area contributed by atoms with Crippen molar-refractivity contribution < 1.29 is 19.1 Å². The molecule has 0 bridgehead atoms. The molecule has 0 aromatic heterocycles. The summed E-state index contributed by atoms with van der Waals surface area (Å²) in [6.45, 7) is 1.81. The van der Waals surface area contributed by atoms with Gasteiger partial charge in [-0.05, 0) is 44.4 Å². The molecule has 1 aliphatic carbocycles. The quantitative estimate of drug-likeness (QED) is 0.761. The van der Waals surface area contributed by atoms with Crippen LogP contribution in [0.2, 0.25) is 0 Å². The van der Waals surface area contributed by atoms with Crippen molar-refractivity contribution in [3.63, 3.8) is 0 Å². The highest BCUT2D eigenvalue weighted by atomic mass is 16.5. The van der Waals surface area contributed by atoms with E-state index < -0.39 is 0 Å². The minimum atomic E-state index is -0.0834. The van der Waals surface area contributed by atoms with Crippen LogP contribution in [0, 0.1) is 5.92 Å². The molecule has 2 aliphatic heterocycles. The molecular weight excluding hydrogens is 332 g/mol. The van der Waals surface area contributed by atoms with Crippen LogP contribution in [0.3, 0.4) is 0 Å². The normalized spacial score (nSPS) is 22.2. The van der Waals surface area contributed by atoms with E-state index in [1.54, 1.807) is 12.5 Å². The van der Waals surface area contributed by atoms with Crippen LogP contribution in [0.1, 0.15) is 57.8 Å². The number of hydrogen-bond acceptors (Lipinski definition) is 4. The van der Waals surface area contributed by atoms with Gasteiger partial charge in [0.15, 0.2) is 0 Å². The third-order valence-corrected chi connectivity index (χ3v) is 5.47. The van der Waals surface area contributed by atoms with Gasteiger partial charge in [0.05, 0.1) is 36.9 Å². The predicted octanol–water partition coefficient (Wildman–Crippen LogP) is 2.56. The van der Waals surface area contributed by atoms with Crippen LogP contribution in [0.5, 0.6) is 0 Å². The minimum absolute atomic E-state index is 0.0420. The summed E-state index contributed by atoms with van der Waals surface area (Å²) in [4.78, 5) is 25.0. The first-order valence-corrected chi connectivity index (χ1v) is 9.94. The fourth-order valence-corrected chi connectivity index (χ4v) is 3.91. The van der Waals surface area contributed by atoms with Gasteiger partial charge in [0.25, 0.3) is 5.91 Å². The molecule has 3 rings (SSSR count). The molecule has 2 heterocycles. The molecule has 26 heavy (non-hydrogen) atoms. The maximum atomic E-state index is 12.6. The summed E-state index contributed by atoms with van der Waals surface area (Å²) in [6, 6.07) is -0.0420. The first kappa shape index (κ1) is 18.8. The number of ether oxygens (including phenoxy) is 2. The molecule has 144 valence electrons. The van der Waals surface area contributed by atoms with Gasteiger partial charge in [-0.15, -0.1) is 0 Å². The second-order valence-corrected chi connectivity index (χ2v) is 7.42. The molecule has 3 aliphatic rings. The second kappa shape index (κ2) is 9.64. The molecule has 2 N–H and O–H groups in total. The van der Waals surface area contributed by atoms with Gasteiger partial charge >= 0.3 is 0 Å². The third-order valence-electron chi connectivity index (χ3n) is 5.47. The number of carbonyl (C=O) groups excluding carboxylic acids is 2. The molecule has 6 heteroatoms. The molecule has 0 spiro atoms. The van der Waals surface area contributed by atoms with Crippen LogP contribution in [0.15, 0.2) is 23.7 Å². The van der Waals surface area contributed by atoms with Crippen LogP contribution in [-0.2, 0) is 19.1 Å². The maximum absolute atomic E-state index is 12.6. The summed E-state index contributed by atoms with van der Waals surface area (Å²) in [7, 11) is 0. The fraction of sp³-hybridized carbons (Fsp3) is 0.700. The summed E-state index contributed by atoms with van der Waals surface area (Å²) >= 11 is 0. The average molecular weight is 362 g/mol. The largest absolute Gasteiger partial charge is 0.501 e. The van der Waals surface area contributed by atoms with Crippen LogP contribution >= 0.6 is 0 Å². The van der Waals surface area contributed by atoms with Gasteiger partial charge in [-0.2, -0.15) is 0 Å². The van der Waals surface area contributed by atoms with E-state index in [-0.39, 0.29) is 17.9 Å². The van der Waals surface area contributed by atoms with Gasteiger partial charge in [-0.25, -0.2) is 0 Å². The number of nitrogens with one attached hydrogen (secondary N) is 2. The Bertz CT molecular complexity index is 564. The Kier molecular flexibility index (Phi) is 6.97. The van der Waals surface area contributed by atoms with E-state index in [0.29, 0.717) is 36.8 Å². The van der Waals surface area contributed by atoms with Gasteiger partial charge in [-0.1, -0.05) is 19.3 Å². The van der Waals surface area contributed by atoms with E-state index in [0.717, 1.165) is 38.5 Å². The zero-order valence-corrected chi connectivity index (χ0v) is 15.4. The van der Waals surface area contributed by atoms with E-state index >= 15 is 0 Å². The number of amides is 2. The zero-order chi connectivity index (χ0) is 18.2. The lowest BCUT2D eigenvalue weighted by atomic mass is 9.83. The van der Waals surface area contributed by atoms with E-state index in [4.69, 9.17) is 9.47 Å². The van der Waals surface area contributed by atoms with E-state index in [9.17, 15) is 9.59 Å². The predicted molar refractivity (Wildman–Crippen MR) is 98.1 cm³/mol. The molecule has 2 amide bonds. The second-order valence-electron chi connectivity index (χ2n) is 7.42. The summed E-state index contributed by atoms with van der Waals surface area (Å²) in [6.07, 6.45) is 12.2. The molecule has 0 aromatic rings. The van der Waals surface area contributed by atoms with Crippen molar-refractivity contribution in [3.05, 3.63) is 23.7 Å². The fourth-order valence-electron chi connectivity index (χ4n) is 3.91. The molecular formula is C20H30N2O4. The smallest absolute Gasteiger partial charge is 0.250 e. The van der Waals surface area contributed by atoms with Gasteiger partial charge < -0.3 is 20.1 Å². The highest BCUT2D eigenvalue weighted by Gasteiger charge is 2.27. The van der Waals surface area contributed by atoms with Crippen LogP contribution in [0.4, 0.5) is 0 Å². The first-order valence-electron chi connectivity index (χ1n) is 9.94. The van der Waals surface area contributed by atoms with Gasteiger partial charge in [0.1, 0.15) is 0 Å². The van der Waals surface area contributed by atoms with Crippen molar-refractivity contribution in [1.82, 2.24) is 10.6 Å². The molecule has 0 aromatic carbocycles. The number of rotatable bonds is 6. The molecule has 0 unspecified atom stereocenters. The van der Waals surface area contributed by atoms with E-state index in [1.807, 2.05) is 0 Å². The van der Waals surface area contributed by atoms with Crippen molar-refractivity contribution in [3.8, 4) is 0 Å². The van der Waals surface area contributed by atoms with Crippen molar-refractivity contribution in [1.29, 1.82) is 0 Å². The van der Waals surface area contributed by atoms with Crippen LogP contribution in [-0.4, -0.2) is 37.6 Å². The Balaban J connectivity index is 1.59. The highest BCUT2D eigenvalue weighted by Crippen LogP contribution is 2.27. The highest BCUT2D eigenvalue weighted by molar-refractivity contribution is 5.94. The van der Waals surface area contributed by atoms with Gasteiger partial charge in [-0.3, -0.25) is 9.59 Å². The third kappa shape index (κ3) is 5.26. The summed E-state index contributed by atoms with van der Waals surface area (Å²) in [5, 5.41) is 6.17. The Morgan fingerprint density at radius 2 is 1.54 bits per heavy atom. The van der Waals surface area contributed by atoms with Gasteiger partial charge in [0, 0.05) is 12.6 Å². The van der Waals surface area contributed by atoms with Crippen molar-refractivity contribution in [2.45, 2.75) is 63.8 Å². The Morgan fingerprint density at radius 3 is 2.12 bits per heavy atom. The lowest BCUT2D eigenvalue weighted by molar-refractivity contribution is -0.121. The van der Waals surface area contributed by atoms with Gasteiger partial charge in [0.2, 0.25) is 5.91 Å². The number of carbonyl (C=O) groups is 2. The topological polar surface area (TPSA) is 76.7 Å². The van der Waals surface area contributed by atoms with Crippen LogP contribution in [0.25, 0.3) is 0 Å². The summed E-state index contributed by atoms with van der Waals surface area (Å²) < 4.78 is 10.6. The molecule has 1 fully saturated rings. The molecule has 1 saturated carbocycles. The number of hydrogen-bond donors (Lipinski definition) is 2. The Morgan fingerprint density at radius 1 is 0.923 bits per heavy atom. The van der Waals surface area contributed by atoms with Crippen molar-refractivity contribution >= 4 is 11.8 Å². The van der Waals surface area contributed by atoms with Crippen molar-refractivity contribution in [2.24, 2.45) is 5.92 Å². The Hall–Kier alpha value is -1.98. The first-order chi connectivity index (χ1) is 12.7. The van der Waals surface area contributed by atoms with E-state index in [1.165, 1.54) is 19.3 Å². The Labute approximate surface area is 155 Å². The average Bonchev–Trinajstić information content (AvgIpc) is 2.72. The van der Waals surface area contributed by atoms with E-state index in [2.05, 4.69) is 10.6 Å². The lowest BCUT2D eigenvalue weighted by Gasteiger charge is -2.31. The van der Waals surface area contributed by atoms with Crippen LogP contribution < -0.4 is 10.6 Å². The standard InChI is InChI=1S/C20H30N2O4/c23-19(16-8-4-10-25-13-16)21-12-18(15-6-2-1-3-7-15)22-20(24)17-9-5-11-26-14-17/h13-15,18H,1-12H2,(H,21,23)(H,22,24)/t18-/m1/s1. The maximum Gasteiger partial charge on any atom is 0.250 e. The zero-order valence-electron chi connectivity index (χ0n) is 15.4. The monoisotopic (exact) mass is 362 g/mol. The molecule has 0 radical (unpaired) electrons. The molecule has 6 nitrogen and oxygen atoms in total. The summed E-state index contributed by atoms with van der Waals surface area (Å²) in [5.74, 6) is 0.268. The van der Waals surface area contributed by atoms with Crippen molar-refractivity contribution in [2.75, 3.05) is 19.8 Å².